The van der Waals surface area contributed by atoms with E-state index in [1.165, 1.54) is 40.3 Å². The molecule has 2 N–H and O–H groups in total. The summed E-state index contributed by atoms with van der Waals surface area (Å²) in [4.78, 5) is 37.4. The number of fused-ring (bicyclic) bond motifs is 1. The molecule has 0 aliphatic heterocycles. The van der Waals surface area contributed by atoms with Gasteiger partial charge in [0.25, 0.3) is 11.8 Å². The van der Waals surface area contributed by atoms with E-state index in [9.17, 15) is 18.8 Å². The lowest BCUT2D eigenvalue weighted by atomic mass is 10.1. The molecular formula is C19H19FN2O4S. The number of carbonyl (C=O) groups is 3. The number of hydrogen-bond acceptors (Lipinski definition) is 5. The Kier molecular flexibility index (Phi) is 6.18. The topological polar surface area (TPSA) is 84.5 Å². The number of hydrazine groups is 1. The van der Waals surface area contributed by atoms with Gasteiger partial charge in [-0.2, -0.15) is 0 Å². The van der Waals surface area contributed by atoms with Crippen molar-refractivity contribution in [3.63, 3.8) is 0 Å². The second-order valence-corrected chi connectivity index (χ2v) is 7.34. The maximum Gasteiger partial charge on any atom is 0.348 e. The van der Waals surface area contributed by atoms with Crippen LogP contribution in [0.15, 0.2) is 30.3 Å². The summed E-state index contributed by atoms with van der Waals surface area (Å²) in [5, 5.41) is 0. The highest BCUT2D eigenvalue weighted by Gasteiger charge is 2.18. The van der Waals surface area contributed by atoms with Gasteiger partial charge in [-0.1, -0.05) is 6.42 Å². The van der Waals surface area contributed by atoms with Crippen LogP contribution in [0.5, 0.6) is 0 Å². The molecule has 0 atom stereocenters. The number of esters is 1. The van der Waals surface area contributed by atoms with E-state index >= 15 is 0 Å². The zero-order valence-electron chi connectivity index (χ0n) is 14.5. The molecule has 27 heavy (non-hydrogen) atoms. The van der Waals surface area contributed by atoms with Crippen LogP contribution in [-0.4, -0.2) is 24.4 Å². The molecule has 0 unspecified atom stereocenters. The molecule has 0 radical (unpaired) electrons. The van der Waals surface area contributed by atoms with Gasteiger partial charge in [-0.15, -0.1) is 11.3 Å². The number of carbonyl (C=O) groups excluding carboxylic acids is 3. The van der Waals surface area contributed by atoms with E-state index in [-0.39, 0.29) is 5.56 Å². The minimum Gasteiger partial charge on any atom is -0.451 e. The number of hydrogen-bond donors (Lipinski definition) is 2. The van der Waals surface area contributed by atoms with Crippen molar-refractivity contribution in [2.24, 2.45) is 0 Å². The zero-order chi connectivity index (χ0) is 19.2. The predicted molar refractivity (Wildman–Crippen MR) is 97.9 cm³/mol. The van der Waals surface area contributed by atoms with Crippen molar-refractivity contribution < 1.29 is 23.5 Å². The van der Waals surface area contributed by atoms with E-state index in [2.05, 4.69) is 10.9 Å². The lowest BCUT2D eigenvalue weighted by Crippen LogP contribution is -2.43. The second kappa shape index (κ2) is 8.77. The fourth-order valence-electron chi connectivity index (χ4n) is 2.81. The Hall–Kier alpha value is -2.74. The van der Waals surface area contributed by atoms with Gasteiger partial charge in [0.15, 0.2) is 6.61 Å². The first-order valence-electron chi connectivity index (χ1n) is 8.66. The van der Waals surface area contributed by atoms with Crippen LogP contribution in [0.1, 0.15) is 49.7 Å². The smallest absolute Gasteiger partial charge is 0.348 e. The highest BCUT2D eigenvalue weighted by molar-refractivity contribution is 7.14. The van der Waals surface area contributed by atoms with Gasteiger partial charge in [-0.3, -0.25) is 20.4 Å². The summed E-state index contributed by atoms with van der Waals surface area (Å²) < 4.78 is 17.8. The minimum atomic E-state index is -0.670. The first-order chi connectivity index (χ1) is 13.0. The van der Waals surface area contributed by atoms with Gasteiger partial charge in [0, 0.05) is 10.4 Å². The number of benzene rings is 1. The molecule has 142 valence electrons. The van der Waals surface area contributed by atoms with Crippen LogP contribution < -0.4 is 10.9 Å². The fraction of sp³-hybridized carbons (Fsp3) is 0.316. The second-order valence-electron chi connectivity index (χ2n) is 6.21. The number of amides is 2. The minimum absolute atomic E-state index is 0.189. The van der Waals surface area contributed by atoms with E-state index in [0.29, 0.717) is 4.88 Å². The Bertz CT molecular complexity index is 824. The van der Waals surface area contributed by atoms with E-state index < -0.39 is 30.2 Å². The standard InChI is InChI=1S/C19H19FN2O4S/c20-14-8-6-12(7-9-14)18(24)22-21-17(23)11-26-19(25)16-10-13-4-2-1-3-5-15(13)27-16/h6-10H,1-5,11H2,(H,21,23)(H,22,24). The van der Waals surface area contributed by atoms with Crippen molar-refractivity contribution >= 4 is 29.1 Å². The average Bonchev–Trinajstić information content (AvgIpc) is 2.95. The Morgan fingerprint density at radius 2 is 1.78 bits per heavy atom. The Morgan fingerprint density at radius 1 is 1.04 bits per heavy atom. The third-order valence-electron chi connectivity index (χ3n) is 4.20. The van der Waals surface area contributed by atoms with Crippen LogP contribution in [-0.2, 0) is 22.4 Å². The number of thiophene rings is 1. The van der Waals surface area contributed by atoms with E-state index in [4.69, 9.17) is 4.74 Å². The molecule has 2 amide bonds. The summed E-state index contributed by atoms with van der Waals surface area (Å²) in [7, 11) is 0. The van der Waals surface area contributed by atoms with E-state index in [1.807, 2.05) is 6.07 Å². The van der Waals surface area contributed by atoms with Crippen LogP contribution in [0.4, 0.5) is 4.39 Å². The van der Waals surface area contributed by atoms with Gasteiger partial charge >= 0.3 is 5.97 Å². The molecule has 1 aliphatic carbocycles. The largest absolute Gasteiger partial charge is 0.451 e. The van der Waals surface area contributed by atoms with Crippen molar-refractivity contribution in [1.29, 1.82) is 0 Å². The van der Waals surface area contributed by atoms with Crippen molar-refractivity contribution in [3.05, 3.63) is 57.0 Å². The molecule has 1 heterocycles. The molecular weight excluding hydrogens is 371 g/mol. The highest BCUT2D eigenvalue weighted by Crippen LogP contribution is 2.29. The molecule has 1 aromatic carbocycles. The normalized spacial score (nSPS) is 13.2. The van der Waals surface area contributed by atoms with Gasteiger partial charge in [-0.05, 0) is 61.6 Å². The van der Waals surface area contributed by atoms with Crippen LogP contribution in [0, 0.1) is 5.82 Å². The van der Waals surface area contributed by atoms with E-state index in [1.54, 1.807) is 0 Å². The maximum atomic E-state index is 12.8. The van der Waals surface area contributed by atoms with Gasteiger partial charge in [0.2, 0.25) is 0 Å². The number of aryl methyl sites for hydroxylation is 2. The van der Waals surface area contributed by atoms with Crippen LogP contribution in [0.25, 0.3) is 0 Å². The highest BCUT2D eigenvalue weighted by atomic mass is 32.1. The number of ether oxygens (including phenoxy) is 1. The van der Waals surface area contributed by atoms with Crippen LogP contribution in [0.3, 0.4) is 0 Å². The molecule has 0 spiro atoms. The van der Waals surface area contributed by atoms with Crippen molar-refractivity contribution in [2.75, 3.05) is 6.61 Å². The van der Waals surface area contributed by atoms with Gasteiger partial charge < -0.3 is 4.74 Å². The average molecular weight is 390 g/mol. The first kappa shape index (κ1) is 19.0. The number of rotatable bonds is 4. The Labute approximate surface area is 159 Å². The van der Waals surface area contributed by atoms with Gasteiger partial charge in [0.05, 0.1) is 0 Å². The molecule has 8 heteroatoms. The van der Waals surface area contributed by atoms with Crippen LogP contribution in [0.2, 0.25) is 0 Å². The molecule has 6 nitrogen and oxygen atoms in total. The summed E-state index contributed by atoms with van der Waals surface area (Å²) in [6.07, 6.45) is 5.38. The SMILES string of the molecule is O=C(COC(=O)c1cc2c(s1)CCCCC2)NNC(=O)c1ccc(F)cc1. The summed E-state index contributed by atoms with van der Waals surface area (Å²) in [5.41, 5.74) is 5.72. The number of nitrogens with one attached hydrogen (secondary N) is 2. The van der Waals surface area contributed by atoms with Gasteiger partial charge in [0.1, 0.15) is 10.7 Å². The summed E-state index contributed by atoms with van der Waals surface area (Å²) in [6, 6.07) is 6.71. The Balaban J connectivity index is 1.45. The molecule has 1 aliphatic rings. The monoisotopic (exact) mass is 390 g/mol. The summed E-state index contributed by atoms with van der Waals surface area (Å²) in [6.45, 7) is -0.509. The molecule has 0 bridgehead atoms. The number of halogens is 1. The van der Waals surface area contributed by atoms with Crippen molar-refractivity contribution in [1.82, 2.24) is 10.9 Å². The molecule has 3 rings (SSSR count). The molecule has 0 saturated heterocycles. The molecule has 0 saturated carbocycles. The molecule has 0 fully saturated rings. The molecule has 2 aromatic rings. The van der Waals surface area contributed by atoms with E-state index in [0.717, 1.165) is 37.8 Å². The third kappa shape index (κ3) is 5.13. The fourth-order valence-corrected chi connectivity index (χ4v) is 3.95. The van der Waals surface area contributed by atoms with Crippen molar-refractivity contribution in [3.8, 4) is 0 Å². The van der Waals surface area contributed by atoms with Crippen molar-refractivity contribution in [2.45, 2.75) is 32.1 Å². The maximum absolute atomic E-state index is 12.8. The summed E-state index contributed by atoms with van der Waals surface area (Å²) in [5.74, 6) is -2.28. The lowest BCUT2D eigenvalue weighted by molar-refractivity contribution is -0.125. The zero-order valence-corrected chi connectivity index (χ0v) is 15.4. The molecule has 1 aromatic heterocycles. The first-order valence-corrected chi connectivity index (χ1v) is 9.48. The predicted octanol–water partition coefficient (Wildman–Crippen LogP) is 2.77. The quantitative estimate of drug-likeness (QED) is 0.478. The van der Waals surface area contributed by atoms with Crippen LogP contribution >= 0.6 is 11.3 Å². The third-order valence-corrected chi connectivity index (χ3v) is 5.42. The lowest BCUT2D eigenvalue weighted by Gasteiger charge is -2.07. The summed E-state index contributed by atoms with van der Waals surface area (Å²) >= 11 is 1.42. The van der Waals surface area contributed by atoms with Gasteiger partial charge in [-0.25, -0.2) is 9.18 Å². The Morgan fingerprint density at radius 3 is 2.56 bits per heavy atom.